The van der Waals surface area contributed by atoms with Gasteiger partial charge in [-0.15, -0.1) is 0 Å². The molecule has 1 aliphatic heterocycles. The van der Waals surface area contributed by atoms with Crippen LogP contribution in [0.5, 0.6) is 0 Å². The molecular formula is C11H19N3O. The second kappa shape index (κ2) is 4.31. The highest BCUT2D eigenvalue weighted by molar-refractivity contribution is 5.01. The van der Waals surface area contributed by atoms with Gasteiger partial charge in [0.1, 0.15) is 0 Å². The molecule has 0 radical (unpaired) electrons. The third-order valence-corrected chi connectivity index (χ3v) is 2.91. The van der Waals surface area contributed by atoms with E-state index in [2.05, 4.69) is 36.2 Å². The van der Waals surface area contributed by atoms with Gasteiger partial charge in [-0.2, -0.15) is 4.98 Å². The van der Waals surface area contributed by atoms with Crippen molar-refractivity contribution >= 4 is 0 Å². The topological polar surface area (TPSA) is 51.0 Å². The maximum Gasteiger partial charge on any atom is 0.231 e. The summed E-state index contributed by atoms with van der Waals surface area (Å²) in [6, 6.07) is 0. The third kappa shape index (κ3) is 2.37. The molecule has 1 aromatic rings. The van der Waals surface area contributed by atoms with Gasteiger partial charge in [0.2, 0.25) is 5.89 Å². The van der Waals surface area contributed by atoms with E-state index in [9.17, 15) is 0 Å². The van der Waals surface area contributed by atoms with Crippen molar-refractivity contribution in [1.82, 2.24) is 15.5 Å². The molecular weight excluding hydrogens is 190 g/mol. The summed E-state index contributed by atoms with van der Waals surface area (Å²) in [6.45, 7) is 8.56. The summed E-state index contributed by atoms with van der Waals surface area (Å²) in [6.07, 6.45) is 0.901. The van der Waals surface area contributed by atoms with Gasteiger partial charge in [-0.1, -0.05) is 25.9 Å². The van der Waals surface area contributed by atoms with Crippen molar-refractivity contribution in [3.8, 4) is 0 Å². The Morgan fingerprint density at radius 2 is 2.27 bits per heavy atom. The number of hydrogen-bond donors (Lipinski definition) is 1. The van der Waals surface area contributed by atoms with Crippen LogP contribution >= 0.6 is 0 Å². The highest BCUT2D eigenvalue weighted by atomic mass is 16.5. The van der Waals surface area contributed by atoms with Crippen molar-refractivity contribution in [2.45, 2.75) is 33.1 Å². The van der Waals surface area contributed by atoms with Crippen molar-refractivity contribution in [1.29, 1.82) is 0 Å². The lowest BCUT2D eigenvalue weighted by Gasteiger charge is -2.07. The average Bonchev–Trinajstić information content (AvgIpc) is 2.72. The van der Waals surface area contributed by atoms with Crippen molar-refractivity contribution in [2.75, 3.05) is 13.1 Å². The minimum atomic E-state index is 0.401. The van der Waals surface area contributed by atoms with Gasteiger partial charge in [-0.25, -0.2) is 0 Å². The van der Waals surface area contributed by atoms with Gasteiger partial charge in [0.25, 0.3) is 0 Å². The Bertz CT molecular complexity index is 321. The van der Waals surface area contributed by atoms with Gasteiger partial charge in [0.15, 0.2) is 5.82 Å². The van der Waals surface area contributed by atoms with Crippen LogP contribution in [0, 0.1) is 11.8 Å². The third-order valence-electron chi connectivity index (χ3n) is 2.91. The summed E-state index contributed by atoms with van der Waals surface area (Å²) in [5, 5.41) is 7.36. The van der Waals surface area contributed by atoms with E-state index < -0.39 is 0 Å². The first-order chi connectivity index (χ1) is 7.16. The van der Waals surface area contributed by atoms with Crippen LogP contribution in [0.25, 0.3) is 0 Å². The standard InChI is InChI=1S/C11H19N3O/c1-7(2)4-10-13-11(15-14-10)9-6-12-5-8(9)3/h7-9,12H,4-6H2,1-3H3/t8-,9-/m1/s1. The van der Waals surface area contributed by atoms with Crippen LogP contribution in [0.3, 0.4) is 0 Å². The molecule has 4 heteroatoms. The number of nitrogens with one attached hydrogen (secondary N) is 1. The molecule has 0 aromatic carbocycles. The SMILES string of the molecule is CC(C)Cc1noc([C@@H]2CNC[C@H]2C)n1. The Morgan fingerprint density at radius 3 is 2.87 bits per heavy atom. The highest BCUT2D eigenvalue weighted by Crippen LogP contribution is 2.26. The minimum absolute atomic E-state index is 0.401. The molecule has 0 aliphatic carbocycles. The van der Waals surface area contributed by atoms with Gasteiger partial charge in [-0.3, -0.25) is 0 Å². The maximum atomic E-state index is 5.32. The molecule has 2 atom stereocenters. The smallest absolute Gasteiger partial charge is 0.231 e. The number of aromatic nitrogens is 2. The monoisotopic (exact) mass is 209 g/mol. The Morgan fingerprint density at radius 1 is 1.47 bits per heavy atom. The van der Waals surface area contributed by atoms with E-state index in [1.807, 2.05) is 0 Å². The first-order valence-corrected chi connectivity index (χ1v) is 5.70. The van der Waals surface area contributed by atoms with Crippen LogP contribution in [0.2, 0.25) is 0 Å². The van der Waals surface area contributed by atoms with Crippen LogP contribution in [-0.4, -0.2) is 23.2 Å². The molecule has 15 heavy (non-hydrogen) atoms. The van der Waals surface area contributed by atoms with Crippen molar-refractivity contribution < 1.29 is 4.52 Å². The van der Waals surface area contributed by atoms with Gasteiger partial charge in [0.05, 0.1) is 5.92 Å². The van der Waals surface area contributed by atoms with E-state index in [1.165, 1.54) is 0 Å². The fourth-order valence-electron chi connectivity index (χ4n) is 2.01. The van der Waals surface area contributed by atoms with Crippen LogP contribution in [-0.2, 0) is 6.42 Å². The summed E-state index contributed by atoms with van der Waals surface area (Å²) >= 11 is 0. The Hall–Kier alpha value is -0.900. The fourth-order valence-corrected chi connectivity index (χ4v) is 2.01. The van der Waals surface area contributed by atoms with E-state index in [4.69, 9.17) is 4.52 Å². The summed E-state index contributed by atoms with van der Waals surface area (Å²) in [4.78, 5) is 4.47. The highest BCUT2D eigenvalue weighted by Gasteiger charge is 2.29. The van der Waals surface area contributed by atoms with Gasteiger partial charge < -0.3 is 9.84 Å². The van der Waals surface area contributed by atoms with Crippen molar-refractivity contribution in [3.63, 3.8) is 0 Å². The normalized spacial score (nSPS) is 26.4. The zero-order valence-corrected chi connectivity index (χ0v) is 9.66. The summed E-state index contributed by atoms with van der Waals surface area (Å²) < 4.78 is 5.32. The molecule has 1 aliphatic rings. The predicted molar refractivity (Wildman–Crippen MR) is 57.6 cm³/mol. The molecule has 1 saturated heterocycles. The molecule has 0 spiro atoms. The molecule has 0 saturated carbocycles. The van der Waals surface area contributed by atoms with Crippen LogP contribution < -0.4 is 5.32 Å². The molecule has 84 valence electrons. The molecule has 4 nitrogen and oxygen atoms in total. The second-order valence-electron chi connectivity index (χ2n) is 4.89. The summed E-state index contributed by atoms with van der Waals surface area (Å²) in [5.41, 5.74) is 0. The maximum absolute atomic E-state index is 5.32. The zero-order chi connectivity index (χ0) is 10.8. The molecule has 0 amide bonds. The second-order valence-corrected chi connectivity index (χ2v) is 4.89. The number of rotatable bonds is 3. The Kier molecular flexibility index (Phi) is 3.05. The zero-order valence-electron chi connectivity index (χ0n) is 9.66. The van der Waals surface area contributed by atoms with E-state index in [0.29, 0.717) is 17.8 Å². The molecule has 1 N–H and O–H groups in total. The van der Waals surface area contributed by atoms with Crippen molar-refractivity contribution in [3.05, 3.63) is 11.7 Å². The molecule has 2 heterocycles. The lowest BCUT2D eigenvalue weighted by molar-refractivity contribution is 0.335. The fraction of sp³-hybridized carbons (Fsp3) is 0.818. The van der Waals surface area contributed by atoms with Gasteiger partial charge in [0, 0.05) is 13.0 Å². The quantitative estimate of drug-likeness (QED) is 0.821. The summed E-state index contributed by atoms with van der Waals surface area (Å²) in [5.74, 6) is 3.23. The minimum Gasteiger partial charge on any atom is -0.339 e. The first-order valence-electron chi connectivity index (χ1n) is 5.70. The van der Waals surface area contributed by atoms with E-state index in [-0.39, 0.29) is 0 Å². The van der Waals surface area contributed by atoms with E-state index >= 15 is 0 Å². The van der Waals surface area contributed by atoms with Crippen LogP contribution in [0.1, 0.15) is 38.4 Å². The van der Waals surface area contributed by atoms with E-state index in [0.717, 1.165) is 31.2 Å². The first kappa shape index (κ1) is 10.6. The predicted octanol–water partition coefficient (Wildman–Crippen LogP) is 1.59. The molecule has 1 aromatic heterocycles. The largest absolute Gasteiger partial charge is 0.339 e. The number of hydrogen-bond acceptors (Lipinski definition) is 4. The van der Waals surface area contributed by atoms with Crippen LogP contribution in [0.15, 0.2) is 4.52 Å². The molecule has 2 rings (SSSR count). The molecule has 0 bridgehead atoms. The number of nitrogens with zero attached hydrogens (tertiary/aromatic N) is 2. The van der Waals surface area contributed by atoms with Gasteiger partial charge in [-0.05, 0) is 18.4 Å². The molecule has 1 fully saturated rings. The van der Waals surface area contributed by atoms with E-state index in [1.54, 1.807) is 0 Å². The Balaban J connectivity index is 2.06. The average molecular weight is 209 g/mol. The van der Waals surface area contributed by atoms with Crippen molar-refractivity contribution in [2.24, 2.45) is 11.8 Å². The lowest BCUT2D eigenvalue weighted by Crippen LogP contribution is -2.08. The lowest BCUT2D eigenvalue weighted by atomic mass is 9.98. The summed E-state index contributed by atoms with van der Waals surface area (Å²) in [7, 11) is 0. The molecule has 0 unspecified atom stereocenters. The Labute approximate surface area is 90.4 Å². The van der Waals surface area contributed by atoms with Crippen LogP contribution in [0.4, 0.5) is 0 Å². The van der Waals surface area contributed by atoms with Gasteiger partial charge >= 0.3 is 0 Å².